The molecule has 1 aromatic rings. The third-order valence-electron chi connectivity index (χ3n) is 3.81. The van der Waals surface area contributed by atoms with Gasteiger partial charge in [-0.3, -0.25) is 4.79 Å². The molecule has 0 unspecified atom stereocenters. The number of nitrogens with two attached hydrogens (primary N) is 1. The summed E-state index contributed by atoms with van der Waals surface area (Å²) in [5.41, 5.74) is 7.23. The van der Waals surface area contributed by atoms with Crippen LogP contribution in [0.1, 0.15) is 30.4 Å². The second-order valence-corrected chi connectivity index (χ2v) is 5.00. The average Bonchev–Trinajstić information content (AvgIpc) is 2.36. The molecule has 0 aliphatic heterocycles. The predicted molar refractivity (Wildman–Crippen MR) is 69.5 cm³/mol. The zero-order valence-corrected chi connectivity index (χ0v) is 10.5. The van der Waals surface area contributed by atoms with Crippen LogP contribution in [-0.4, -0.2) is 17.6 Å². The maximum absolute atomic E-state index is 12.1. The van der Waals surface area contributed by atoms with E-state index in [9.17, 15) is 4.79 Å². The van der Waals surface area contributed by atoms with E-state index < -0.39 is 0 Å². The molecule has 0 heterocycles. The highest BCUT2D eigenvalue weighted by Gasteiger charge is 2.42. The molecular formula is C14H20N2O2. The summed E-state index contributed by atoms with van der Waals surface area (Å²) >= 11 is 0. The van der Waals surface area contributed by atoms with E-state index >= 15 is 0 Å². The molecular weight excluding hydrogens is 228 g/mol. The van der Waals surface area contributed by atoms with Crippen LogP contribution in [0.2, 0.25) is 0 Å². The first-order valence-electron chi connectivity index (χ1n) is 6.37. The highest BCUT2D eigenvalue weighted by Crippen LogP contribution is 2.40. The summed E-state index contributed by atoms with van der Waals surface area (Å²) < 4.78 is 0. The number of hydrogen-bond acceptors (Lipinski definition) is 3. The molecule has 0 saturated heterocycles. The van der Waals surface area contributed by atoms with Gasteiger partial charge in [-0.2, -0.15) is 0 Å². The smallest absolute Gasteiger partial charge is 0.227 e. The molecule has 1 amide bonds. The van der Waals surface area contributed by atoms with Gasteiger partial charge in [0.2, 0.25) is 5.91 Å². The molecule has 1 aliphatic rings. The number of benzene rings is 1. The summed E-state index contributed by atoms with van der Waals surface area (Å²) in [5.74, 6) is 0.0608. The van der Waals surface area contributed by atoms with Crippen molar-refractivity contribution in [3.05, 3.63) is 35.4 Å². The number of nitrogens with one attached hydrogen (secondary N) is 1. The Bertz CT molecular complexity index is 422. The molecule has 1 aliphatic carbocycles. The molecule has 0 spiro atoms. The number of rotatable bonds is 5. The predicted octanol–water partition coefficient (Wildman–Crippen LogP) is 0.924. The quantitative estimate of drug-likeness (QED) is 0.725. The molecule has 0 radical (unpaired) electrons. The molecule has 0 atom stereocenters. The van der Waals surface area contributed by atoms with Crippen molar-refractivity contribution in [2.75, 3.05) is 6.54 Å². The minimum absolute atomic E-state index is 0.0223. The largest absolute Gasteiger partial charge is 0.392 e. The van der Waals surface area contributed by atoms with Crippen LogP contribution in [0.3, 0.4) is 0 Å². The Hall–Kier alpha value is -1.39. The van der Waals surface area contributed by atoms with Crippen molar-refractivity contribution >= 4 is 5.91 Å². The summed E-state index contributed by atoms with van der Waals surface area (Å²) in [7, 11) is 0. The number of carbonyl (C=O) groups is 1. The van der Waals surface area contributed by atoms with Crippen LogP contribution in [0.4, 0.5) is 0 Å². The van der Waals surface area contributed by atoms with Gasteiger partial charge in [0.1, 0.15) is 0 Å². The van der Waals surface area contributed by atoms with Crippen molar-refractivity contribution in [3.63, 3.8) is 0 Å². The van der Waals surface area contributed by atoms with Crippen LogP contribution in [0, 0.1) is 5.41 Å². The van der Waals surface area contributed by atoms with Gasteiger partial charge in [-0.25, -0.2) is 0 Å². The normalized spacial score (nSPS) is 17.0. The zero-order valence-electron chi connectivity index (χ0n) is 10.5. The molecule has 98 valence electrons. The fourth-order valence-corrected chi connectivity index (χ4v) is 2.34. The lowest BCUT2D eigenvalue weighted by atomic mass is 9.68. The SMILES string of the molecule is NCC1(C(=O)NCc2cccc(CO)c2)CCC1. The molecule has 1 fully saturated rings. The standard InChI is InChI=1S/C14H20N2O2/c15-10-14(5-2-6-14)13(18)16-8-11-3-1-4-12(7-11)9-17/h1,3-4,7,17H,2,5-6,8-10,15H2,(H,16,18). The van der Waals surface area contributed by atoms with Gasteiger partial charge >= 0.3 is 0 Å². The van der Waals surface area contributed by atoms with Crippen molar-refractivity contribution in [3.8, 4) is 0 Å². The lowest BCUT2D eigenvalue weighted by Gasteiger charge is -2.39. The van der Waals surface area contributed by atoms with Gasteiger partial charge in [-0.05, 0) is 24.0 Å². The summed E-state index contributed by atoms with van der Waals surface area (Å²) in [6.45, 7) is 0.943. The number of carbonyl (C=O) groups excluding carboxylic acids is 1. The van der Waals surface area contributed by atoms with E-state index in [1.54, 1.807) is 0 Å². The molecule has 1 aromatic carbocycles. The van der Waals surface area contributed by atoms with Crippen molar-refractivity contribution in [2.45, 2.75) is 32.4 Å². The molecule has 18 heavy (non-hydrogen) atoms. The summed E-state index contributed by atoms with van der Waals surface area (Å²) in [5, 5.41) is 12.0. The fourth-order valence-electron chi connectivity index (χ4n) is 2.34. The van der Waals surface area contributed by atoms with Gasteiger partial charge in [-0.1, -0.05) is 30.7 Å². The fraction of sp³-hybridized carbons (Fsp3) is 0.500. The van der Waals surface area contributed by atoms with Crippen LogP contribution in [-0.2, 0) is 17.9 Å². The highest BCUT2D eigenvalue weighted by atomic mass is 16.3. The van der Waals surface area contributed by atoms with Crippen LogP contribution in [0.5, 0.6) is 0 Å². The van der Waals surface area contributed by atoms with Crippen LogP contribution < -0.4 is 11.1 Å². The summed E-state index contributed by atoms with van der Waals surface area (Å²) in [6.07, 6.45) is 2.88. The van der Waals surface area contributed by atoms with Crippen LogP contribution >= 0.6 is 0 Å². The average molecular weight is 248 g/mol. The molecule has 1 saturated carbocycles. The van der Waals surface area contributed by atoms with Crippen molar-refractivity contribution in [2.24, 2.45) is 11.1 Å². The van der Waals surface area contributed by atoms with Crippen LogP contribution in [0.15, 0.2) is 24.3 Å². The van der Waals surface area contributed by atoms with Gasteiger partial charge in [0.25, 0.3) is 0 Å². The lowest BCUT2D eigenvalue weighted by Crippen LogP contribution is -2.50. The van der Waals surface area contributed by atoms with Crippen molar-refractivity contribution < 1.29 is 9.90 Å². The first-order valence-corrected chi connectivity index (χ1v) is 6.37. The zero-order chi connectivity index (χ0) is 13.0. The highest BCUT2D eigenvalue weighted by molar-refractivity contribution is 5.83. The second kappa shape index (κ2) is 5.50. The van der Waals surface area contributed by atoms with E-state index in [0.29, 0.717) is 13.1 Å². The van der Waals surface area contributed by atoms with Gasteiger partial charge in [0, 0.05) is 13.1 Å². The third kappa shape index (κ3) is 2.54. The first kappa shape index (κ1) is 13.1. The lowest BCUT2D eigenvalue weighted by molar-refractivity contribution is -0.135. The van der Waals surface area contributed by atoms with E-state index in [-0.39, 0.29) is 17.9 Å². The summed E-state index contributed by atoms with van der Waals surface area (Å²) in [6, 6.07) is 7.58. The topological polar surface area (TPSA) is 75.4 Å². The Morgan fingerprint density at radius 2 is 2.11 bits per heavy atom. The number of hydrogen-bond donors (Lipinski definition) is 3. The van der Waals surface area contributed by atoms with E-state index in [1.165, 1.54) is 0 Å². The summed E-state index contributed by atoms with van der Waals surface area (Å²) in [4.78, 5) is 12.1. The number of amides is 1. The van der Waals surface area contributed by atoms with E-state index in [4.69, 9.17) is 10.8 Å². The Kier molecular flexibility index (Phi) is 3.99. The molecule has 4 N–H and O–H groups in total. The van der Waals surface area contributed by atoms with Crippen LogP contribution in [0.25, 0.3) is 0 Å². The van der Waals surface area contributed by atoms with Gasteiger partial charge in [-0.15, -0.1) is 0 Å². The van der Waals surface area contributed by atoms with Gasteiger partial charge in [0.15, 0.2) is 0 Å². The first-order chi connectivity index (χ1) is 8.70. The van der Waals surface area contributed by atoms with Gasteiger partial charge < -0.3 is 16.2 Å². The third-order valence-corrected chi connectivity index (χ3v) is 3.81. The Morgan fingerprint density at radius 1 is 1.39 bits per heavy atom. The molecule has 0 aromatic heterocycles. The van der Waals surface area contributed by atoms with E-state index in [1.807, 2.05) is 24.3 Å². The minimum atomic E-state index is -0.325. The number of aliphatic hydroxyl groups excluding tert-OH is 1. The Morgan fingerprint density at radius 3 is 2.67 bits per heavy atom. The van der Waals surface area contributed by atoms with Crippen molar-refractivity contribution in [1.82, 2.24) is 5.32 Å². The van der Waals surface area contributed by atoms with E-state index in [2.05, 4.69) is 5.32 Å². The maximum Gasteiger partial charge on any atom is 0.227 e. The Balaban J connectivity index is 1.92. The van der Waals surface area contributed by atoms with E-state index in [0.717, 1.165) is 30.4 Å². The Labute approximate surface area is 107 Å². The maximum atomic E-state index is 12.1. The monoisotopic (exact) mass is 248 g/mol. The molecule has 4 nitrogen and oxygen atoms in total. The van der Waals surface area contributed by atoms with Gasteiger partial charge in [0.05, 0.1) is 12.0 Å². The second-order valence-electron chi connectivity index (χ2n) is 5.00. The number of aliphatic hydroxyl groups is 1. The molecule has 4 heteroatoms. The van der Waals surface area contributed by atoms with Crippen molar-refractivity contribution in [1.29, 1.82) is 0 Å². The molecule has 2 rings (SSSR count). The molecule has 0 bridgehead atoms. The minimum Gasteiger partial charge on any atom is -0.392 e.